The molecule has 1 aliphatic heterocycles. The molecular formula is C21H20F7N7O. The van der Waals surface area contributed by atoms with Gasteiger partial charge in [-0.15, -0.1) is 11.7 Å². The van der Waals surface area contributed by atoms with E-state index in [2.05, 4.69) is 36.7 Å². The molecule has 36 heavy (non-hydrogen) atoms. The van der Waals surface area contributed by atoms with Gasteiger partial charge in [0.2, 0.25) is 5.95 Å². The van der Waals surface area contributed by atoms with Crippen molar-refractivity contribution in [2.45, 2.75) is 31.7 Å². The SMILES string of the molecule is C=CC(Nc1nc2c(OCC(F)(F)F)ccc(C(F)(F)F)n2n1)C1CCN(c2ncnc(C)c2F)C1. The Labute approximate surface area is 199 Å². The van der Waals surface area contributed by atoms with Gasteiger partial charge in [0.05, 0.1) is 11.7 Å². The lowest BCUT2D eigenvalue weighted by Gasteiger charge is -2.22. The van der Waals surface area contributed by atoms with E-state index in [0.29, 0.717) is 30.1 Å². The quantitative estimate of drug-likeness (QED) is 0.366. The summed E-state index contributed by atoms with van der Waals surface area (Å²) in [4.78, 5) is 13.5. The summed E-state index contributed by atoms with van der Waals surface area (Å²) in [5, 5.41) is 6.69. The lowest BCUT2D eigenvalue weighted by atomic mass is 9.99. The van der Waals surface area contributed by atoms with Crippen LogP contribution in [0.1, 0.15) is 17.8 Å². The number of aromatic nitrogens is 5. The van der Waals surface area contributed by atoms with Crippen LogP contribution in [0.5, 0.6) is 5.75 Å². The molecule has 1 aliphatic rings. The number of alkyl halides is 6. The Bertz CT molecular complexity index is 1260. The average Bonchev–Trinajstić information content (AvgIpc) is 3.43. The van der Waals surface area contributed by atoms with Crippen molar-refractivity contribution in [3.05, 3.63) is 48.3 Å². The van der Waals surface area contributed by atoms with Gasteiger partial charge in [0.1, 0.15) is 12.0 Å². The lowest BCUT2D eigenvalue weighted by Crippen LogP contribution is -2.31. The molecule has 0 radical (unpaired) electrons. The minimum atomic E-state index is -4.85. The molecule has 4 heterocycles. The number of nitrogens with zero attached hydrogens (tertiary/aromatic N) is 6. The molecule has 0 saturated carbocycles. The number of hydrogen-bond donors (Lipinski definition) is 1. The van der Waals surface area contributed by atoms with Crippen LogP contribution in [0.25, 0.3) is 5.65 Å². The number of pyridine rings is 1. The van der Waals surface area contributed by atoms with Gasteiger partial charge in [0, 0.05) is 19.0 Å². The molecule has 0 aromatic carbocycles. The molecule has 0 bridgehead atoms. The van der Waals surface area contributed by atoms with Gasteiger partial charge in [-0.3, -0.25) is 0 Å². The van der Waals surface area contributed by atoms with Crippen molar-refractivity contribution in [2.75, 3.05) is 29.9 Å². The number of nitrogens with one attached hydrogen (secondary N) is 1. The fraction of sp³-hybridized carbons (Fsp3) is 0.429. The van der Waals surface area contributed by atoms with E-state index in [1.807, 2.05) is 0 Å². The topological polar surface area (TPSA) is 80.5 Å². The van der Waals surface area contributed by atoms with E-state index in [-0.39, 0.29) is 23.4 Å². The molecule has 0 aliphatic carbocycles. The van der Waals surface area contributed by atoms with Crippen molar-refractivity contribution < 1.29 is 35.5 Å². The first-order valence-electron chi connectivity index (χ1n) is 10.6. The predicted molar refractivity (Wildman–Crippen MR) is 114 cm³/mol. The van der Waals surface area contributed by atoms with Crippen molar-refractivity contribution in [3.8, 4) is 5.75 Å². The number of halogens is 7. The van der Waals surface area contributed by atoms with Gasteiger partial charge in [-0.25, -0.2) is 18.9 Å². The number of aryl methyl sites for hydroxylation is 1. The van der Waals surface area contributed by atoms with Gasteiger partial charge in [-0.1, -0.05) is 6.08 Å². The van der Waals surface area contributed by atoms with Crippen molar-refractivity contribution in [1.82, 2.24) is 24.6 Å². The number of fused-ring (bicyclic) bond motifs is 1. The van der Waals surface area contributed by atoms with E-state index >= 15 is 0 Å². The zero-order chi connectivity index (χ0) is 26.3. The van der Waals surface area contributed by atoms with Crippen LogP contribution < -0.4 is 15.0 Å². The number of rotatable bonds is 7. The summed E-state index contributed by atoms with van der Waals surface area (Å²) in [6.07, 6.45) is -6.23. The predicted octanol–water partition coefficient (Wildman–Crippen LogP) is 4.42. The van der Waals surface area contributed by atoms with Crippen LogP contribution in [0.15, 0.2) is 31.1 Å². The van der Waals surface area contributed by atoms with E-state index in [4.69, 9.17) is 0 Å². The maximum Gasteiger partial charge on any atom is 0.433 e. The van der Waals surface area contributed by atoms with E-state index in [1.165, 1.54) is 19.3 Å². The number of ether oxygens (including phenoxy) is 1. The minimum Gasteiger partial charge on any atom is -0.480 e. The fourth-order valence-electron chi connectivity index (χ4n) is 3.94. The van der Waals surface area contributed by atoms with Gasteiger partial charge in [-0.2, -0.15) is 31.3 Å². The normalized spacial score (nSPS) is 17.4. The summed E-state index contributed by atoms with van der Waals surface area (Å²) in [5.74, 6) is -1.37. The van der Waals surface area contributed by atoms with Crippen LogP contribution in [0, 0.1) is 18.7 Å². The highest BCUT2D eigenvalue weighted by atomic mass is 19.4. The molecule has 15 heteroatoms. The highest BCUT2D eigenvalue weighted by molar-refractivity contribution is 5.57. The molecule has 3 aromatic rings. The third-order valence-electron chi connectivity index (χ3n) is 5.66. The Morgan fingerprint density at radius 1 is 1.22 bits per heavy atom. The molecule has 1 saturated heterocycles. The molecule has 1 fully saturated rings. The van der Waals surface area contributed by atoms with Crippen molar-refractivity contribution in [3.63, 3.8) is 0 Å². The van der Waals surface area contributed by atoms with Crippen LogP contribution in [0.2, 0.25) is 0 Å². The maximum atomic E-state index is 14.4. The Kier molecular flexibility index (Phi) is 6.66. The molecule has 194 valence electrons. The Hall–Kier alpha value is -3.65. The number of hydrogen-bond acceptors (Lipinski definition) is 7. The standard InChI is InChI=1S/C21H20F7N7O/c1-3-13(12-6-7-34(8-12)18-16(22)11(2)29-10-30-18)31-19-32-17-14(36-9-20(23,24)25)4-5-15(21(26,27)28)35(17)33-19/h3-5,10,12-13H,1,6-9H2,2H3,(H,31,33). The highest BCUT2D eigenvalue weighted by Gasteiger charge is 2.37. The van der Waals surface area contributed by atoms with Crippen LogP contribution >= 0.6 is 0 Å². The fourth-order valence-corrected chi connectivity index (χ4v) is 3.94. The second kappa shape index (κ2) is 9.43. The first-order valence-corrected chi connectivity index (χ1v) is 10.6. The van der Waals surface area contributed by atoms with E-state index in [1.54, 1.807) is 4.90 Å². The summed E-state index contributed by atoms with van der Waals surface area (Å²) in [6.45, 7) is 4.34. The third-order valence-corrected chi connectivity index (χ3v) is 5.66. The lowest BCUT2D eigenvalue weighted by molar-refractivity contribution is -0.153. The molecule has 8 nitrogen and oxygen atoms in total. The second-order valence-corrected chi connectivity index (χ2v) is 8.15. The van der Waals surface area contributed by atoms with Crippen molar-refractivity contribution >= 4 is 17.4 Å². The van der Waals surface area contributed by atoms with Crippen LogP contribution in [-0.4, -0.2) is 56.5 Å². The van der Waals surface area contributed by atoms with Crippen LogP contribution in [-0.2, 0) is 6.18 Å². The Morgan fingerprint density at radius 3 is 2.64 bits per heavy atom. The zero-order valence-electron chi connectivity index (χ0n) is 18.7. The molecule has 4 rings (SSSR count). The molecule has 2 unspecified atom stereocenters. The Balaban J connectivity index is 1.59. The van der Waals surface area contributed by atoms with Crippen LogP contribution in [0.4, 0.5) is 42.5 Å². The smallest absolute Gasteiger partial charge is 0.433 e. The van der Waals surface area contributed by atoms with Gasteiger partial charge in [-0.05, 0) is 25.5 Å². The van der Waals surface area contributed by atoms with Gasteiger partial charge < -0.3 is 15.0 Å². The molecular weight excluding hydrogens is 499 g/mol. The molecule has 0 spiro atoms. The molecule has 3 aromatic heterocycles. The summed E-state index contributed by atoms with van der Waals surface area (Å²) in [6, 6.07) is 0.780. The summed E-state index contributed by atoms with van der Waals surface area (Å²) < 4.78 is 97.7. The van der Waals surface area contributed by atoms with E-state index < -0.39 is 47.9 Å². The summed E-state index contributed by atoms with van der Waals surface area (Å²) in [5.41, 5.74) is -1.58. The van der Waals surface area contributed by atoms with Crippen LogP contribution in [0.3, 0.4) is 0 Å². The van der Waals surface area contributed by atoms with E-state index in [9.17, 15) is 30.7 Å². The molecule has 0 amide bonds. The van der Waals surface area contributed by atoms with Crippen molar-refractivity contribution in [2.24, 2.45) is 5.92 Å². The van der Waals surface area contributed by atoms with Gasteiger partial charge in [0.15, 0.2) is 29.6 Å². The van der Waals surface area contributed by atoms with Gasteiger partial charge in [0.25, 0.3) is 0 Å². The van der Waals surface area contributed by atoms with Crippen molar-refractivity contribution in [1.29, 1.82) is 0 Å². The first kappa shape index (κ1) is 25.4. The highest BCUT2D eigenvalue weighted by Crippen LogP contribution is 2.34. The summed E-state index contributed by atoms with van der Waals surface area (Å²) >= 11 is 0. The maximum absolute atomic E-state index is 14.4. The monoisotopic (exact) mass is 519 g/mol. The average molecular weight is 519 g/mol. The Morgan fingerprint density at radius 2 is 1.97 bits per heavy atom. The molecule has 2 atom stereocenters. The molecule has 1 N–H and O–H groups in total. The number of anilines is 2. The zero-order valence-corrected chi connectivity index (χ0v) is 18.7. The largest absolute Gasteiger partial charge is 0.480 e. The van der Waals surface area contributed by atoms with Gasteiger partial charge >= 0.3 is 12.4 Å². The van der Waals surface area contributed by atoms with E-state index in [0.717, 1.165) is 6.07 Å². The third kappa shape index (κ3) is 5.28. The second-order valence-electron chi connectivity index (χ2n) is 8.15. The summed E-state index contributed by atoms with van der Waals surface area (Å²) in [7, 11) is 0. The minimum absolute atomic E-state index is 0.139. The first-order chi connectivity index (χ1) is 16.9.